The molecule has 0 radical (unpaired) electrons. The monoisotopic (exact) mass is 630 g/mol. The third-order valence-corrected chi connectivity index (χ3v) is 11.0. The lowest BCUT2D eigenvalue weighted by Crippen LogP contribution is -2.59. The van der Waals surface area contributed by atoms with Crippen LogP contribution in [-0.4, -0.2) is 84.5 Å². The predicted molar refractivity (Wildman–Crippen MR) is 179 cm³/mol. The van der Waals surface area contributed by atoms with Gasteiger partial charge in [-0.25, -0.2) is 0 Å². The molecule has 9 heteroatoms. The first kappa shape index (κ1) is 31.7. The number of hydrogen-bond acceptors (Lipinski definition) is 6. The summed E-state index contributed by atoms with van der Waals surface area (Å²) >= 11 is 1.47. The van der Waals surface area contributed by atoms with E-state index >= 15 is 0 Å². The van der Waals surface area contributed by atoms with Crippen molar-refractivity contribution in [2.24, 2.45) is 0 Å². The second-order valence-corrected chi connectivity index (χ2v) is 14.1. The third kappa shape index (κ3) is 7.76. The molecule has 3 fully saturated rings. The van der Waals surface area contributed by atoms with E-state index in [0.717, 1.165) is 86.3 Å². The van der Waals surface area contributed by atoms with E-state index < -0.39 is 5.54 Å². The SMILES string of the molecule is Cc1ccc2cc(C(=O)NC3(C(=O)N[C@@H](CCC(=O)N4CCC(N5CCOCC5)CC4)Cc4ccccc4)CCCC3)sc2c1. The minimum absolute atomic E-state index is 0.134. The maximum Gasteiger partial charge on any atom is 0.262 e. The van der Waals surface area contributed by atoms with Crippen LogP contribution in [0.4, 0.5) is 0 Å². The van der Waals surface area contributed by atoms with Crippen LogP contribution in [0.15, 0.2) is 54.6 Å². The largest absolute Gasteiger partial charge is 0.379 e. The van der Waals surface area contributed by atoms with Crippen LogP contribution in [0.1, 0.15) is 72.2 Å². The van der Waals surface area contributed by atoms with Crippen LogP contribution in [0.2, 0.25) is 0 Å². The molecule has 2 saturated heterocycles. The Morgan fingerprint density at radius 3 is 2.44 bits per heavy atom. The number of ether oxygens (including phenoxy) is 1. The van der Waals surface area contributed by atoms with Crippen molar-refractivity contribution in [3.63, 3.8) is 0 Å². The first-order valence-electron chi connectivity index (χ1n) is 16.7. The highest BCUT2D eigenvalue weighted by Crippen LogP contribution is 2.33. The van der Waals surface area contributed by atoms with Gasteiger partial charge in [0.05, 0.1) is 18.1 Å². The van der Waals surface area contributed by atoms with Gasteiger partial charge in [-0.3, -0.25) is 19.3 Å². The third-order valence-electron chi connectivity index (χ3n) is 9.89. The Morgan fingerprint density at radius 1 is 0.978 bits per heavy atom. The highest BCUT2D eigenvalue weighted by atomic mass is 32.1. The van der Waals surface area contributed by atoms with Crippen LogP contribution in [-0.2, 0) is 20.7 Å². The van der Waals surface area contributed by atoms with Crippen LogP contribution in [0, 0.1) is 6.92 Å². The summed E-state index contributed by atoms with van der Waals surface area (Å²) in [4.78, 5) is 46.1. The van der Waals surface area contributed by atoms with Crippen LogP contribution in [0.3, 0.4) is 0 Å². The molecule has 2 N–H and O–H groups in total. The first-order chi connectivity index (χ1) is 21.9. The highest BCUT2D eigenvalue weighted by molar-refractivity contribution is 7.20. The maximum atomic E-state index is 14.1. The molecular formula is C36H46N4O4S. The summed E-state index contributed by atoms with van der Waals surface area (Å²) in [7, 11) is 0. The zero-order chi connectivity index (χ0) is 31.2. The molecule has 1 atom stereocenters. The number of nitrogens with one attached hydrogen (secondary N) is 2. The van der Waals surface area contributed by atoms with Gasteiger partial charge >= 0.3 is 0 Å². The van der Waals surface area contributed by atoms with Crippen molar-refractivity contribution in [1.82, 2.24) is 20.4 Å². The lowest BCUT2D eigenvalue weighted by atomic mass is 9.93. The molecule has 0 unspecified atom stereocenters. The standard InChI is InChI=1S/C36H46N4O4S/c1-26-9-10-28-25-32(45-31(28)23-26)34(42)38-36(15-5-6-16-36)35(43)37-29(24-27-7-3-2-4-8-27)11-12-33(41)40-17-13-30(14-18-40)39-19-21-44-22-20-39/h2-4,7-10,23,25,29-30H,5-6,11-22,24H2,1H3,(H,37,43)(H,38,42)/t29-/m0/s1. The number of thiophene rings is 1. The van der Waals surface area contributed by atoms with Crippen molar-refractivity contribution in [2.45, 2.75) is 82.3 Å². The number of aryl methyl sites for hydroxylation is 1. The van der Waals surface area contributed by atoms with Crippen molar-refractivity contribution in [3.8, 4) is 0 Å². The van der Waals surface area contributed by atoms with E-state index in [1.807, 2.05) is 48.2 Å². The maximum absolute atomic E-state index is 14.1. The average Bonchev–Trinajstić information content (AvgIpc) is 3.72. The fourth-order valence-corrected chi connectivity index (χ4v) is 8.30. The van der Waals surface area contributed by atoms with Gasteiger partial charge in [-0.15, -0.1) is 11.3 Å². The summed E-state index contributed by atoms with van der Waals surface area (Å²) in [6, 6.07) is 18.5. The number of benzene rings is 2. The summed E-state index contributed by atoms with van der Waals surface area (Å²) in [5, 5.41) is 7.52. The van der Waals surface area contributed by atoms with E-state index in [9.17, 15) is 14.4 Å². The normalized spacial score (nSPS) is 19.8. The fourth-order valence-electron chi connectivity index (χ4n) is 7.24. The van der Waals surface area contributed by atoms with E-state index in [1.54, 1.807) is 0 Å². The van der Waals surface area contributed by atoms with E-state index in [2.05, 4.69) is 33.7 Å². The number of carbonyl (C=O) groups is 3. The number of hydrogen-bond donors (Lipinski definition) is 2. The molecule has 6 rings (SSSR count). The summed E-state index contributed by atoms with van der Waals surface area (Å²) in [6.07, 6.45) is 6.59. The average molecular weight is 631 g/mol. The number of fused-ring (bicyclic) bond motifs is 1. The quantitative estimate of drug-likeness (QED) is 0.326. The van der Waals surface area contributed by atoms with Crippen LogP contribution >= 0.6 is 11.3 Å². The Labute approximate surface area is 270 Å². The molecule has 2 aromatic carbocycles. The number of morpholine rings is 1. The van der Waals surface area contributed by atoms with Gasteiger partial charge in [-0.2, -0.15) is 0 Å². The van der Waals surface area contributed by atoms with Crippen molar-refractivity contribution in [3.05, 3.63) is 70.6 Å². The molecular weight excluding hydrogens is 584 g/mol. The van der Waals surface area contributed by atoms with Crippen LogP contribution in [0.25, 0.3) is 10.1 Å². The zero-order valence-electron chi connectivity index (χ0n) is 26.4. The van der Waals surface area contributed by atoms with Gasteiger partial charge in [0, 0.05) is 49.4 Å². The van der Waals surface area contributed by atoms with Gasteiger partial charge < -0.3 is 20.3 Å². The highest BCUT2D eigenvalue weighted by Gasteiger charge is 2.43. The molecule has 3 amide bonds. The van der Waals surface area contributed by atoms with Gasteiger partial charge in [0.25, 0.3) is 5.91 Å². The Kier molecular flexibility index (Phi) is 10.2. The van der Waals surface area contributed by atoms with Gasteiger partial charge in [0.15, 0.2) is 0 Å². The first-order valence-corrected chi connectivity index (χ1v) is 17.5. The topological polar surface area (TPSA) is 91.0 Å². The van der Waals surface area contributed by atoms with Crippen molar-refractivity contribution < 1.29 is 19.1 Å². The fraction of sp³-hybridized carbons (Fsp3) is 0.528. The minimum atomic E-state index is -0.941. The predicted octanol–water partition coefficient (Wildman–Crippen LogP) is 5.08. The lowest BCUT2D eigenvalue weighted by Gasteiger charge is -2.40. The molecule has 240 valence electrons. The van der Waals surface area contributed by atoms with Crippen LogP contribution < -0.4 is 10.6 Å². The molecule has 3 heterocycles. The number of carbonyl (C=O) groups excluding carboxylic acids is 3. The molecule has 2 aliphatic heterocycles. The lowest BCUT2D eigenvalue weighted by molar-refractivity contribution is -0.134. The molecule has 1 aliphatic carbocycles. The van der Waals surface area contributed by atoms with E-state index in [-0.39, 0.29) is 23.8 Å². The molecule has 45 heavy (non-hydrogen) atoms. The second kappa shape index (κ2) is 14.4. The molecule has 1 aromatic heterocycles. The smallest absolute Gasteiger partial charge is 0.262 e. The molecule has 3 aromatic rings. The number of nitrogens with zero attached hydrogens (tertiary/aromatic N) is 2. The van der Waals surface area contributed by atoms with E-state index in [4.69, 9.17) is 4.74 Å². The summed E-state index contributed by atoms with van der Waals surface area (Å²) in [6.45, 7) is 7.15. The van der Waals surface area contributed by atoms with Crippen molar-refractivity contribution in [2.75, 3.05) is 39.4 Å². The number of rotatable bonds is 10. The number of amides is 3. The van der Waals surface area contributed by atoms with Crippen molar-refractivity contribution in [1.29, 1.82) is 0 Å². The van der Waals surface area contributed by atoms with Gasteiger partial charge in [-0.05, 0) is 74.1 Å². The van der Waals surface area contributed by atoms with Crippen molar-refractivity contribution >= 4 is 39.1 Å². The number of piperidine rings is 1. The van der Waals surface area contributed by atoms with Gasteiger partial charge in [-0.1, -0.05) is 55.3 Å². The summed E-state index contributed by atoms with van der Waals surface area (Å²) < 4.78 is 6.58. The molecule has 0 spiro atoms. The molecule has 8 nitrogen and oxygen atoms in total. The summed E-state index contributed by atoms with van der Waals surface area (Å²) in [5.41, 5.74) is 1.33. The Morgan fingerprint density at radius 2 is 1.71 bits per heavy atom. The Hall–Kier alpha value is -3.27. The Balaban J connectivity index is 1.09. The molecule has 1 saturated carbocycles. The zero-order valence-corrected chi connectivity index (χ0v) is 27.2. The van der Waals surface area contributed by atoms with Gasteiger partial charge in [0.2, 0.25) is 11.8 Å². The van der Waals surface area contributed by atoms with Crippen LogP contribution in [0.5, 0.6) is 0 Å². The molecule has 3 aliphatic rings. The Bertz CT molecular complexity index is 1470. The van der Waals surface area contributed by atoms with E-state index in [0.29, 0.717) is 43.0 Å². The minimum Gasteiger partial charge on any atom is -0.379 e. The summed E-state index contributed by atoms with van der Waals surface area (Å²) in [5.74, 6) is -0.169. The van der Waals surface area contributed by atoms with Gasteiger partial charge in [0.1, 0.15) is 5.54 Å². The molecule has 0 bridgehead atoms. The number of likely N-dealkylation sites (tertiary alicyclic amines) is 1. The van der Waals surface area contributed by atoms with E-state index in [1.165, 1.54) is 11.3 Å². The second-order valence-electron chi connectivity index (χ2n) is 13.1.